The van der Waals surface area contributed by atoms with Crippen LogP contribution in [-0.2, 0) is 0 Å². The second-order valence-electron chi connectivity index (χ2n) is 3.86. The highest BCUT2D eigenvalue weighted by Gasteiger charge is 2.07. The lowest BCUT2D eigenvalue weighted by molar-refractivity contribution is 0.797. The minimum Gasteiger partial charge on any atom is -0.0991 e. The van der Waals surface area contributed by atoms with Crippen molar-refractivity contribution in [1.29, 1.82) is 0 Å². The van der Waals surface area contributed by atoms with Gasteiger partial charge in [0, 0.05) is 0 Å². The Morgan fingerprint density at radius 3 is 2.27 bits per heavy atom. The maximum Gasteiger partial charge on any atom is -0.0187 e. The van der Waals surface area contributed by atoms with Crippen LogP contribution >= 0.6 is 0 Å². The van der Waals surface area contributed by atoms with Crippen LogP contribution in [0.3, 0.4) is 0 Å². The van der Waals surface area contributed by atoms with Crippen LogP contribution in [0.2, 0.25) is 0 Å². The third-order valence-corrected chi connectivity index (χ3v) is 2.39. The average Bonchev–Trinajstić information content (AvgIpc) is 2.26. The molecule has 0 heteroatoms. The van der Waals surface area contributed by atoms with E-state index in [4.69, 9.17) is 0 Å². The minimum absolute atomic E-state index is 0.468. The third-order valence-electron chi connectivity index (χ3n) is 2.39. The molecule has 0 nitrogen and oxygen atoms in total. The molecule has 0 unspecified atom stereocenters. The van der Waals surface area contributed by atoms with Crippen LogP contribution in [0.4, 0.5) is 0 Å². The second-order valence-corrected chi connectivity index (χ2v) is 3.86. The average molecular weight is 198 g/mol. The molecule has 0 saturated heterocycles. The van der Waals surface area contributed by atoms with E-state index in [0.717, 1.165) is 5.57 Å². The molecule has 0 saturated carbocycles. The summed E-state index contributed by atoms with van der Waals surface area (Å²) in [4.78, 5) is 0. The zero-order valence-corrected chi connectivity index (χ0v) is 9.53. The van der Waals surface area contributed by atoms with Gasteiger partial charge >= 0.3 is 0 Å². The largest absolute Gasteiger partial charge is 0.0991 e. The number of benzene rings is 1. The van der Waals surface area contributed by atoms with E-state index in [1.165, 1.54) is 11.1 Å². The Morgan fingerprint density at radius 2 is 1.80 bits per heavy atom. The normalized spacial score (nSPS) is 11.5. The van der Waals surface area contributed by atoms with Crippen LogP contribution in [0.25, 0.3) is 5.57 Å². The molecule has 0 amide bonds. The monoisotopic (exact) mass is 198 g/mol. The zero-order chi connectivity index (χ0) is 11.3. The SMILES string of the molecule is C=C/C=C(\C(=C)c1ccccc1)C(C)C. The Labute approximate surface area is 92.6 Å². The Hall–Kier alpha value is -1.56. The molecule has 1 aromatic rings. The van der Waals surface area contributed by atoms with Crippen molar-refractivity contribution in [3.05, 3.63) is 66.8 Å². The van der Waals surface area contributed by atoms with Gasteiger partial charge in [-0.15, -0.1) is 0 Å². The standard InChI is InChI=1S/C15H18/c1-5-9-15(12(2)3)13(4)14-10-7-6-8-11-14/h5-12H,1,4H2,2-3H3/b15-9-. The fourth-order valence-electron chi connectivity index (χ4n) is 1.57. The lowest BCUT2D eigenvalue weighted by Gasteiger charge is -2.14. The maximum absolute atomic E-state index is 4.15. The Balaban J connectivity index is 3.02. The molecule has 0 aliphatic heterocycles. The molecule has 15 heavy (non-hydrogen) atoms. The van der Waals surface area contributed by atoms with Crippen molar-refractivity contribution in [2.45, 2.75) is 13.8 Å². The summed E-state index contributed by atoms with van der Waals surface area (Å²) in [5.41, 5.74) is 3.51. The Morgan fingerprint density at radius 1 is 1.20 bits per heavy atom. The van der Waals surface area contributed by atoms with Crippen molar-refractivity contribution in [3.63, 3.8) is 0 Å². The fourth-order valence-corrected chi connectivity index (χ4v) is 1.57. The summed E-state index contributed by atoms with van der Waals surface area (Å²) < 4.78 is 0. The van der Waals surface area contributed by atoms with E-state index in [1.807, 2.05) is 30.4 Å². The Kier molecular flexibility index (Phi) is 4.11. The molecule has 78 valence electrons. The molecule has 0 fully saturated rings. The number of rotatable bonds is 4. The molecule has 0 bridgehead atoms. The molecule has 0 aromatic heterocycles. The topological polar surface area (TPSA) is 0 Å². The van der Waals surface area contributed by atoms with E-state index in [9.17, 15) is 0 Å². The van der Waals surface area contributed by atoms with Crippen LogP contribution in [0.1, 0.15) is 19.4 Å². The molecular weight excluding hydrogens is 180 g/mol. The van der Waals surface area contributed by atoms with Crippen LogP contribution in [0.5, 0.6) is 0 Å². The first-order chi connectivity index (χ1) is 7.16. The van der Waals surface area contributed by atoms with E-state index in [-0.39, 0.29) is 0 Å². The maximum atomic E-state index is 4.15. The number of allylic oxidation sites excluding steroid dienone is 4. The van der Waals surface area contributed by atoms with E-state index >= 15 is 0 Å². The van der Waals surface area contributed by atoms with Crippen molar-refractivity contribution in [3.8, 4) is 0 Å². The van der Waals surface area contributed by atoms with E-state index < -0.39 is 0 Å². The summed E-state index contributed by atoms with van der Waals surface area (Å²) >= 11 is 0. The summed E-state index contributed by atoms with van der Waals surface area (Å²) in [6.45, 7) is 12.2. The molecule has 0 atom stereocenters. The van der Waals surface area contributed by atoms with Gasteiger partial charge in [0.05, 0.1) is 0 Å². The van der Waals surface area contributed by atoms with Gasteiger partial charge in [0.2, 0.25) is 0 Å². The van der Waals surface area contributed by atoms with Gasteiger partial charge in [0.15, 0.2) is 0 Å². The summed E-state index contributed by atoms with van der Waals surface area (Å²) in [6, 6.07) is 10.3. The van der Waals surface area contributed by atoms with Gasteiger partial charge in [0.1, 0.15) is 0 Å². The molecule has 1 aromatic carbocycles. The van der Waals surface area contributed by atoms with Crippen LogP contribution in [-0.4, -0.2) is 0 Å². The third kappa shape index (κ3) is 2.95. The molecule has 0 spiro atoms. The van der Waals surface area contributed by atoms with Gasteiger partial charge in [0.25, 0.3) is 0 Å². The van der Waals surface area contributed by atoms with Gasteiger partial charge in [-0.05, 0) is 22.6 Å². The predicted octanol–water partition coefficient (Wildman–Crippen LogP) is 4.47. The summed E-state index contributed by atoms with van der Waals surface area (Å²) in [5.74, 6) is 0.468. The first kappa shape index (κ1) is 11.5. The number of hydrogen-bond acceptors (Lipinski definition) is 0. The lowest BCUT2D eigenvalue weighted by atomic mass is 9.91. The molecule has 0 aliphatic carbocycles. The summed E-state index contributed by atoms with van der Waals surface area (Å²) in [6.07, 6.45) is 3.86. The molecule has 0 radical (unpaired) electrons. The van der Waals surface area contributed by atoms with Crippen molar-refractivity contribution < 1.29 is 0 Å². The van der Waals surface area contributed by atoms with E-state index in [0.29, 0.717) is 5.92 Å². The van der Waals surface area contributed by atoms with Gasteiger partial charge in [-0.1, -0.05) is 69.5 Å². The summed E-state index contributed by atoms with van der Waals surface area (Å²) in [5, 5.41) is 0. The van der Waals surface area contributed by atoms with Gasteiger partial charge in [-0.25, -0.2) is 0 Å². The van der Waals surface area contributed by atoms with Crippen molar-refractivity contribution in [2.24, 2.45) is 5.92 Å². The second kappa shape index (κ2) is 5.35. The van der Waals surface area contributed by atoms with Crippen LogP contribution < -0.4 is 0 Å². The molecule has 0 N–H and O–H groups in total. The van der Waals surface area contributed by atoms with E-state index in [2.05, 4.69) is 39.1 Å². The number of hydrogen-bond donors (Lipinski definition) is 0. The predicted molar refractivity (Wildman–Crippen MR) is 68.6 cm³/mol. The molecule has 1 rings (SSSR count). The first-order valence-electron chi connectivity index (χ1n) is 5.24. The summed E-state index contributed by atoms with van der Waals surface area (Å²) in [7, 11) is 0. The van der Waals surface area contributed by atoms with Gasteiger partial charge < -0.3 is 0 Å². The van der Waals surface area contributed by atoms with Crippen molar-refractivity contribution >= 4 is 5.57 Å². The zero-order valence-electron chi connectivity index (χ0n) is 9.53. The van der Waals surface area contributed by atoms with Gasteiger partial charge in [-0.3, -0.25) is 0 Å². The van der Waals surface area contributed by atoms with Crippen molar-refractivity contribution in [1.82, 2.24) is 0 Å². The van der Waals surface area contributed by atoms with E-state index in [1.54, 1.807) is 0 Å². The molecule has 0 heterocycles. The van der Waals surface area contributed by atoms with Crippen LogP contribution in [0.15, 0.2) is 61.2 Å². The van der Waals surface area contributed by atoms with Gasteiger partial charge in [-0.2, -0.15) is 0 Å². The molecule has 0 aliphatic rings. The lowest BCUT2D eigenvalue weighted by Crippen LogP contribution is -1.96. The highest BCUT2D eigenvalue weighted by Crippen LogP contribution is 2.26. The minimum atomic E-state index is 0.468. The fraction of sp³-hybridized carbons (Fsp3) is 0.200. The highest BCUT2D eigenvalue weighted by atomic mass is 14.1. The van der Waals surface area contributed by atoms with Crippen LogP contribution in [0, 0.1) is 5.92 Å². The smallest absolute Gasteiger partial charge is 0.0187 e. The highest BCUT2D eigenvalue weighted by molar-refractivity contribution is 5.77. The quantitative estimate of drug-likeness (QED) is 0.626. The molecular formula is C15H18. The first-order valence-corrected chi connectivity index (χ1v) is 5.24. The Bertz CT molecular complexity index is 366. The van der Waals surface area contributed by atoms with Crippen molar-refractivity contribution in [2.75, 3.05) is 0 Å².